The number of hydrogen-bond donors (Lipinski definition) is 1. The lowest BCUT2D eigenvalue weighted by Crippen LogP contribution is -2.22. The van der Waals surface area contributed by atoms with Crippen molar-refractivity contribution in [3.8, 4) is 11.6 Å². The molecule has 1 heterocycles. The second-order valence-electron chi connectivity index (χ2n) is 3.82. The topological polar surface area (TPSA) is 81.4 Å². The highest BCUT2D eigenvalue weighted by Crippen LogP contribution is 2.15. The summed E-state index contributed by atoms with van der Waals surface area (Å²) in [7, 11) is 0. The van der Waals surface area contributed by atoms with Crippen LogP contribution in [0.3, 0.4) is 0 Å². The van der Waals surface area contributed by atoms with Gasteiger partial charge in [-0.3, -0.25) is 4.79 Å². The van der Waals surface area contributed by atoms with Gasteiger partial charge in [0.25, 0.3) is 0 Å². The van der Waals surface area contributed by atoms with Crippen molar-refractivity contribution < 1.29 is 19.0 Å². The van der Waals surface area contributed by atoms with Crippen LogP contribution >= 0.6 is 0 Å². The van der Waals surface area contributed by atoms with Gasteiger partial charge in [-0.15, -0.1) is 0 Å². The van der Waals surface area contributed by atoms with Gasteiger partial charge in [0.15, 0.2) is 0 Å². The van der Waals surface area contributed by atoms with Crippen LogP contribution in [0.5, 0.6) is 5.88 Å². The van der Waals surface area contributed by atoms with E-state index in [0.717, 1.165) is 10.7 Å². The van der Waals surface area contributed by atoms with Gasteiger partial charge in [-0.05, 0) is 31.2 Å². The molecule has 0 aliphatic carbocycles. The number of aromatic carboxylic acids is 1. The van der Waals surface area contributed by atoms with E-state index in [2.05, 4.69) is 5.10 Å². The number of aromatic nitrogens is 2. The summed E-state index contributed by atoms with van der Waals surface area (Å²) in [6, 6.07) is 6.25. The third-order valence-electron chi connectivity index (χ3n) is 2.46. The van der Waals surface area contributed by atoms with Gasteiger partial charge >= 0.3 is 5.97 Å². The number of benzene rings is 1. The summed E-state index contributed by atoms with van der Waals surface area (Å²) in [4.78, 5) is 22.5. The lowest BCUT2D eigenvalue weighted by molar-refractivity contribution is 0.0686. The number of ether oxygens (including phenoxy) is 1. The molecule has 0 aliphatic heterocycles. The number of carboxylic acids is 1. The first-order valence-corrected chi connectivity index (χ1v) is 5.79. The Balaban J connectivity index is 2.64. The maximum Gasteiger partial charge on any atom is 0.360 e. The standard InChI is InChI=1S/C13H11FN2O4/c1-2-20-11-7-10(17)12(13(18)19)15-16(11)9-5-3-8(14)4-6-9/h3-7H,2H2,1H3,(H,18,19). The van der Waals surface area contributed by atoms with E-state index in [0.29, 0.717) is 5.69 Å². The van der Waals surface area contributed by atoms with Crippen LogP contribution in [-0.2, 0) is 0 Å². The van der Waals surface area contributed by atoms with E-state index in [9.17, 15) is 14.0 Å². The van der Waals surface area contributed by atoms with Crippen LogP contribution in [-0.4, -0.2) is 27.5 Å². The summed E-state index contributed by atoms with van der Waals surface area (Å²) in [5.41, 5.74) is -0.991. The Morgan fingerprint density at radius 1 is 1.40 bits per heavy atom. The van der Waals surface area contributed by atoms with Crippen molar-refractivity contribution in [1.29, 1.82) is 0 Å². The fraction of sp³-hybridized carbons (Fsp3) is 0.154. The van der Waals surface area contributed by atoms with Crippen molar-refractivity contribution in [3.05, 3.63) is 52.1 Å². The molecule has 0 fully saturated rings. The summed E-state index contributed by atoms with van der Waals surface area (Å²) in [6.45, 7) is 1.99. The first-order chi connectivity index (χ1) is 9.52. The summed E-state index contributed by atoms with van der Waals surface area (Å²) < 4.78 is 19.3. The van der Waals surface area contributed by atoms with Crippen LogP contribution in [0.1, 0.15) is 17.4 Å². The fourth-order valence-corrected chi connectivity index (χ4v) is 1.61. The average Bonchev–Trinajstić information content (AvgIpc) is 2.40. The lowest BCUT2D eigenvalue weighted by atomic mass is 10.3. The summed E-state index contributed by atoms with van der Waals surface area (Å²) in [5, 5.41) is 12.7. The maximum absolute atomic E-state index is 12.9. The minimum atomic E-state index is -1.44. The van der Waals surface area contributed by atoms with E-state index in [1.54, 1.807) is 6.92 Å². The number of nitrogens with zero attached hydrogens (tertiary/aromatic N) is 2. The van der Waals surface area contributed by atoms with Gasteiger partial charge in [0, 0.05) is 0 Å². The molecule has 2 aromatic rings. The molecular weight excluding hydrogens is 267 g/mol. The molecule has 0 radical (unpaired) electrons. The Bertz CT molecular complexity index is 695. The van der Waals surface area contributed by atoms with Crippen molar-refractivity contribution in [2.45, 2.75) is 6.92 Å². The van der Waals surface area contributed by atoms with Crippen molar-refractivity contribution in [3.63, 3.8) is 0 Å². The predicted octanol–water partition coefficient (Wildman–Crippen LogP) is 1.47. The number of rotatable bonds is 4. The number of carbonyl (C=O) groups is 1. The Morgan fingerprint density at radius 2 is 2.05 bits per heavy atom. The molecule has 0 aliphatic rings. The van der Waals surface area contributed by atoms with E-state index >= 15 is 0 Å². The second kappa shape index (κ2) is 5.52. The average molecular weight is 278 g/mol. The second-order valence-corrected chi connectivity index (χ2v) is 3.82. The zero-order valence-corrected chi connectivity index (χ0v) is 10.5. The Morgan fingerprint density at radius 3 is 2.60 bits per heavy atom. The van der Waals surface area contributed by atoms with E-state index in [4.69, 9.17) is 9.84 Å². The summed E-state index contributed by atoms with van der Waals surface area (Å²) in [5.74, 6) is -1.78. The molecule has 0 saturated carbocycles. The molecule has 6 nitrogen and oxygen atoms in total. The first-order valence-electron chi connectivity index (χ1n) is 5.79. The molecule has 0 atom stereocenters. The van der Waals surface area contributed by atoms with E-state index in [1.807, 2.05) is 0 Å². The van der Waals surface area contributed by atoms with E-state index < -0.39 is 22.9 Å². The van der Waals surface area contributed by atoms with Crippen LogP contribution in [0.4, 0.5) is 4.39 Å². The minimum absolute atomic E-state index is 0.0918. The van der Waals surface area contributed by atoms with Crippen molar-refractivity contribution >= 4 is 5.97 Å². The SMILES string of the molecule is CCOc1cc(=O)c(C(=O)O)nn1-c1ccc(F)cc1. The highest BCUT2D eigenvalue weighted by molar-refractivity contribution is 5.85. The number of hydrogen-bond acceptors (Lipinski definition) is 4. The highest BCUT2D eigenvalue weighted by atomic mass is 19.1. The Hall–Kier alpha value is -2.70. The Labute approximate surface area is 113 Å². The number of halogens is 1. The number of carboxylic acid groups (broad SMARTS) is 1. The smallest absolute Gasteiger partial charge is 0.360 e. The summed E-state index contributed by atoms with van der Waals surface area (Å²) >= 11 is 0. The molecule has 0 saturated heterocycles. The van der Waals surface area contributed by atoms with Crippen LogP contribution in [0.25, 0.3) is 5.69 Å². The molecule has 1 aromatic carbocycles. The van der Waals surface area contributed by atoms with Crippen LogP contribution in [0, 0.1) is 5.82 Å². The molecule has 0 unspecified atom stereocenters. The summed E-state index contributed by atoms with van der Waals surface area (Å²) in [6.07, 6.45) is 0. The van der Waals surface area contributed by atoms with Crippen molar-refractivity contribution in [1.82, 2.24) is 9.78 Å². The lowest BCUT2D eigenvalue weighted by Gasteiger charge is -2.12. The molecule has 1 aromatic heterocycles. The van der Waals surface area contributed by atoms with E-state index in [-0.39, 0.29) is 12.5 Å². The third-order valence-corrected chi connectivity index (χ3v) is 2.46. The maximum atomic E-state index is 12.9. The van der Waals surface area contributed by atoms with Crippen molar-refractivity contribution in [2.75, 3.05) is 6.61 Å². The van der Waals surface area contributed by atoms with Crippen LogP contribution in [0.2, 0.25) is 0 Å². The van der Waals surface area contributed by atoms with Crippen molar-refractivity contribution in [2.24, 2.45) is 0 Å². The predicted molar refractivity (Wildman–Crippen MR) is 67.9 cm³/mol. The first kappa shape index (κ1) is 13.7. The molecule has 104 valence electrons. The van der Waals surface area contributed by atoms with Crippen LogP contribution < -0.4 is 10.2 Å². The van der Waals surface area contributed by atoms with Gasteiger partial charge in [0.05, 0.1) is 18.4 Å². The molecule has 2 rings (SSSR count). The normalized spacial score (nSPS) is 10.3. The molecule has 0 bridgehead atoms. The van der Waals surface area contributed by atoms with E-state index in [1.165, 1.54) is 24.3 Å². The monoisotopic (exact) mass is 278 g/mol. The largest absolute Gasteiger partial charge is 0.478 e. The quantitative estimate of drug-likeness (QED) is 0.915. The molecular formula is C13H11FN2O4. The van der Waals surface area contributed by atoms with Gasteiger partial charge in [0.1, 0.15) is 5.82 Å². The van der Waals surface area contributed by atoms with Gasteiger partial charge < -0.3 is 9.84 Å². The van der Waals surface area contributed by atoms with Gasteiger partial charge in [-0.25, -0.2) is 13.9 Å². The zero-order chi connectivity index (χ0) is 14.7. The van der Waals surface area contributed by atoms with Crippen LogP contribution in [0.15, 0.2) is 35.1 Å². The Kier molecular flexibility index (Phi) is 3.79. The zero-order valence-electron chi connectivity index (χ0n) is 10.5. The highest BCUT2D eigenvalue weighted by Gasteiger charge is 2.16. The third kappa shape index (κ3) is 2.66. The molecule has 0 amide bonds. The molecule has 0 spiro atoms. The molecule has 20 heavy (non-hydrogen) atoms. The van der Waals surface area contributed by atoms with Gasteiger partial charge in [-0.1, -0.05) is 0 Å². The molecule has 1 N–H and O–H groups in total. The fourth-order valence-electron chi connectivity index (χ4n) is 1.61. The molecule has 7 heteroatoms. The minimum Gasteiger partial charge on any atom is -0.478 e. The van der Waals surface area contributed by atoms with Gasteiger partial charge in [0.2, 0.25) is 17.0 Å². The van der Waals surface area contributed by atoms with Gasteiger partial charge in [-0.2, -0.15) is 5.10 Å².